The van der Waals surface area contributed by atoms with E-state index in [2.05, 4.69) is 5.32 Å². The Hall–Kier alpha value is -2.29. The molecule has 0 aromatic heterocycles. The first-order valence-electron chi connectivity index (χ1n) is 10.1. The molecule has 2 fully saturated rings. The van der Waals surface area contributed by atoms with Crippen molar-refractivity contribution in [2.24, 2.45) is 0 Å². The number of nitrogens with one attached hydrogen (secondary N) is 1. The van der Waals surface area contributed by atoms with Gasteiger partial charge in [-0.3, -0.25) is 19.9 Å². The lowest BCUT2D eigenvalue weighted by Gasteiger charge is -2.47. The van der Waals surface area contributed by atoms with Crippen LogP contribution in [0.2, 0.25) is 0 Å². The molecule has 158 valence electrons. The van der Waals surface area contributed by atoms with Crippen LogP contribution in [-0.2, 0) is 25.5 Å². The van der Waals surface area contributed by atoms with Crippen LogP contribution in [0.4, 0.5) is 0 Å². The number of hydrogen-bond donors (Lipinski definition) is 2. The van der Waals surface area contributed by atoms with E-state index in [0.29, 0.717) is 38.8 Å². The van der Waals surface area contributed by atoms with Crippen molar-refractivity contribution in [2.45, 2.75) is 50.2 Å². The minimum absolute atomic E-state index is 0.0268. The van der Waals surface area contributed by atoms with E-state index >= 15 is 0 Å². The number of carbonyl (C=O) groups excluding carboxylic acids is 2. The van der Waals surface area contributed by atoms with Crippen LogP contribution in [0.3, 0.4) is 0 Å². The molecule has 2 aliphatic heterocycles. The van der Waals surface area contributed by atoms with Crippen molar-refractivity contribution < 1.29 is 24.2 Å². The van der Waals surface area contributed by atoms with Gasteiger partial charge >= 0.3 is 5.97 Å². The summed E-state index contributed by atoms with van der Waals surface area (Å²) >= 11 is 0. The summed E-state index contributed by atoms with van der Waals surface area (Å²) in [5.74, 6) is -1.36. The SMILES string of the molecule is COCC(=O)C(CCc1ccccc1)NC1CCN2CCCC(C(=O)O)N2C1=O. The maximum atomic E-state index is 13.1. The number of rotatable bonds is 9. The molecule has 2 aliphatic rings. The lowest BCUT2D eigenvalue weighted by molar-refractivity contribution is -0.183. The fraction of sp³-hybridized carbons (Fsp3) is 0.571. The number of carbonyl (C=O) groups is 3. The molecule has 29 heavy (non-hydrogen) atoms. The third kappa shape index (κ3) is 5.20. The van der Waals surface area contributed by atoms with Gasteiger partial charge in [-0.15, -0.1) is 0 Å². The van der Waals surface area contributed by atoms with Gasteiger partial charge < -0.3 is 9.84 Å². The zero-order valence-corrected chi connectivity index (χ0v) is 16.8. The first-order chi connectivity index (χ1) is 14.0. The minimum Gasteiger partial charge on any atom is -0.480 e. The molecule has 2 N–H and O–H groups in total. The van der Waals surface area contributed by atoms with Gasteiger partial charge in [0.2, 0.25) is 0 Å². The number of hydrogen-bond acceptors (Lipinski definition) is 6. The van der Waals surface area contributed by atoms with Crippen molar-refractivity contribution in [1.29, 1.82) is 0 Å². The molecule has 3 atom stereocenters. The first-order valence-corrected chi connectivity index (χ1v) is 10.1. The summed E-state index contributed by atoms with van der Waals surface area (Å²) < 4.78 is 5.02. The summed E-state index contributed by atoms with van der Waals surface area (Å²) in [6, 6.07) is 7.93. The van der Waals surface area contributed by atoms with E-state index in [1.807, 2.05) is 35.3 Å². The molecule has 3 unspecified atom stereocenters. The van der Waals surface area contributed by atoms with Crippen molar-refractivity contribution in [3.63, 3.8) is 0 Å². The highest BCUT2D eigenvalue weighted by molar-refractivity contribution is 5.89. The van der Waals surface area contributed by atoms with E-state index in [-0.39, 0.29) is 18.3 Å². The van der Waals surface area contributed by atoms with Gasteiger partial charge in [-0.25, -0.2) is 9.80 Å². The van der Waals surface area contributed by atoms with Gasteiger partial charge in [-0.1, -0.05) is 30.3 Å². The molecular weight excluding hydrogens is 374 g/mol. The van der Waals surface area contributed by atoms with Crippen LogP contribution in [0.5, 0.6) is 0 Å². The highest BCUT2D eigenvalue weighted by Gasteiger charge is 2.43. The van der Waals surface area contributed by atoms with Gasteiger partial charge in [0, 0.05) is 20.2 Å². The molecule has 1 amide bonds. The van der Waals surface area contributed by atoms with Gasteiger partial charge in [-0.2, -0.15) is 0 Å². The van der Waals surface area contributed by atoms with E-state index in [1.165, 1.54) is 12.1 Å². The molecule has 1 aromatic rings. The molecule has 8 heteroatoms. The summed E-state index contributed by atoms with van der Waals surface area (Å²) in [5.41, 5.74) is 1.12. The lowest BCUT2D eigenvalue weighted by atomic mass is 9.98. The maximum absolute atomic E-state index is 13.1. The largest absolute Gasteiger partial charge is 0.480 e. The number of ketones is 1. The molecule has 8 nitrogen and oxygen atoms in total. The molecule has 2 heterocycles. The second-order valence-corrected chi connectivity index (χ2v) is 7.62. The number of carboxylic acids is 1. The number of methoxy groups -OCH3 is 1. The molecule has 3 rings (SSSR count). The van der Waals surface area contributed by atoms with Gasteiger partial charge in [0.25, 0.3) is 5.91 Å². The predicted molar refractivity (Wildman–Crippen MR) is 106 cm³/mol. The van der Waals surface area contributed by atoms with E-state index in [4.69, 9.17) is 4.74 Å². The molecule has 0 aliphatic carbocycles. The standard InChI is InChI=1S/C21H29N3O5/c1-29-14-19(25)16(10-9-15-6-3-2-4-7-15)22-17-11-13-23-12-5-8-18(21(27)28)24(23)20(17)26/h2-4,6-7,16-18,22H,5,8-14H2,1H3,(H,27,28). The Balaban J connectivity index is 1.69. The normalized spacial score (nSPS) is 23.5. The molecule has 0 bridgehead atoms. The zero-order chi connectivity index (χ0) is 20.8. The second kappa shape index (κ2) is 9.96. The number of hydrazine groups is 1. The van der Waals surface area contributed by atoms with Crippen LogP contribution in [0.1, 0.15) is 31.2 Å². The number of aliphatic carboxylic acids is 1. The molecular formula is C21H29N3O5. The summed E-state index contributed by atoms with van der Waals surface area (Å²) in [6.45, 7) is 1.25. The van der Waals surface area contributed by atoms with E-state index < -0.39 is 24.1 Å². The van der Waals surface area contributed by atoms with E-state index in [0.717, 1.165) is 12.0 Å². The van der Waals surface area contributed by atoms with Crippen LogP contribution < -0.4 is 5.32 Å². The fourth-order valence-electron chi connectivity index (χ4n) is 4.13. The van der Waals surface area contributed by atoms with Crippen molar-refractivity contribution in [3.8, 4) is 0 Å². The smallest absolute Gasteiger partial charge is 0.328 e. The molecule has 0 saturated carbocycles. The van der Waals surface area contributed by atoms with Gasteiger partial charge in [0.1, 0.15) is 12.6 Å². The van der Waals surface area contributed by atoms with Crippen molar-refractivity contribution in [3.05, 3.63) is 35.9 Å². The highest BCUT2D eigenvalue weighted by atomic mass is 16.5. The van der Waals surface area contributed by atoms with Crippen molar-refractivity contribution in [2.75, 3.05) is 26.8 Å². The monoisotopic (exact) mass is 403 g/mol. The summed E-state index contributed by atoms with van der Waals surface area (Å²) in [5, 5.41) is 16.0. The van der Waals surface area contributed by atoms with Gasteiger partial charge in [0.15, 0.2) is 5.78 Å². The number of benzene rings is 1. The van der Waals surface area contributed by atoms with E-state index in [1.54, 1.807) is 0 Å². The summed E-state index contributed by atoms with van der Waals surface area (Å²) in [4.78, 5) is 37.3. The maximum Gasteiger partial charge on any atom is 0.328 e. The Kier molecular flexibility index (Phi) is 7.35. The van der Waals surface area contributed by atoms with E-state index in [9.17, 15) is 19.5 Å². The van der Waals surface area contributed by atoms with Crippen LogP contribution >= 0.6 is 0 Å². The first kappa shape index (κ1) is 21.4. The fourth-order valence-corrected chi connectivity index (χ4v) is 4.13. The van der Waals surface area contributed by atoms with Gasteiger partial charge in [-0.05, 0) is 37.7 Å². The average molecular weight is 403 g/mol. The third-order valence-electron chi connectivity index (χ3n) is 5.62. The Labute approximate surface area is 170 Å². The molecule has 0 spiro atoms. The Morgan fingerprint density at radius 1 is 1.24 bits per heavy atom. The third-order valence-corrected chi connectivity index (χ3v) is 5.62. The lowest BCUT2D eigenvalue weighted by Crippen LogP contribution is -2.67. The van der Waals surface area contributed by atoms with Crippen molar-refractivity contribution >= 4 is 17.7 Å². The minimum atomic E-state index is -0.986. The number of Topliss-reactive ketones (excluding diaryl/α,β-unsaturated/α-hetero) is 1. The molecule has 1 aromatic carbocycles. The number of amides is 1. The summed E-state index contributed by atoms with van der Waals surface area (Å²) in [6.07, 6.45) is 2.99. The van der Waals surface area contributed by atoms with Crippen LogP contribution in [0.25, 0.3) is 0 Å². The molecule has 0 radical (unpaired) electrons. The summed E-state index contributed by atoms with van der Waals surface area (Å²) in [7, 11) is 1.47. The highest BCUT2D eigenvalue weighted by Crippen LogP contribution is 2.25. The number of aryl methyl sites for hydroxylation is 1. The zero-order valence-electron chi connectivity index (χ0n) is 16.8. The Morgan fingerprint density at radius 2 is 2.00 bits per heavy atom. The second-order valence-electron chi connectivity index (χ2n) is 7.62. The van der Waals surface area contributed by atoms with Gasteiger partial charge in [0.05, 0.1) is 12.1 Å². The predicted octanol–water partition coefficient (Wildman–Crippen LogP) is 0.858. The number of carboxylic acid groups (broad SMARTS) is 1. The van der Waals surface area contributed by atoms with Crippen molar-refractivity contribution in [1.82, 2.24) is 15.3 Å². The number of ether oxygens (including phenoxy) is 1. The Bertz CT molecular complexity index is 726. The number of nitrogens with zero attached hydrogens (tertiary/aromatic N) is 2. The van der Waals surface area contributed by atoms with Crippen LogP contribution in [-0.4, -0.2) is 77.7 Å². The number of fused-ring (bicyclic) bond motifs is 1. The van der Waals surface area contributed by atoms with Crippen LogP contribution in [0.15, 0.2) is 30.3 Å². The average Bonchev–Trinajstić information content (AvgIpc) is 2.73. The Morgan fingerprint density at radius 3 is 2.69 bits per heavy atom. The quantitative estimate of drug-likeness (QED) is 0.631. The topological polar surface area (TPSA) is 99.2 Å². The molecule has 2 saturated heterocycles. The van der Waals surface area contributed by atoms with Crippen LogP contribution in [0, 0.1) is 0 Å².